The number of rotatable bonds is 8. The molecule has 0 atom stereocenters. The molecule has 0 amide bonds. The Morgan fingerprint density at radius 1 is 1.13 bits per heavy atom. The largest absolute Gasteiger partial charge is 0.495 e. The number of para-hydroxylation sites is 1. The molecule has 0 aliphatic heterocycles. The smallest absolute Gasteiger partial charge is 0.229 e. The van der Waals surface area contributed by atoms with Gasteiger partial charge in [0.1, 0.15) is 17.9 Å². The molecule has 0 saturated carbocycles. The molecule has 0 unspecified atom stereocenters. The van der Waals surface area contributed by atoms with Crippen LogP contribution in [0.25, 0.3) is 0 Å². The zero-order chi connectivity index (χ0) is 21.7. The molecule has 0 bridgehead atoms. The normalized spacial score (nSPS) is 11.2. The Morgan fingerprint density at radius 3 is 2.60 bits per heavy atom. The molecule has 1 aromatic heterocycles. The van der Waals surface area contributed by atoms with Crippen LogP contribution in [0.1, 0.15) is 5.56 Å². The highest BCUT2D eigenvalue weighted by atomic mass is 35.5. The highest BCUT2D eigenvalue weighted by molar-refractivity contribution is 7.70. The third kappa shape index (κ3) is 5.30. The van der Waals surface area contributed by atoms with E-state index in [1.54, 1.807) is 20.4 Å². The van der Waals surface area contributed by atoms with Crippen molar-refractivity contribution in [3.8, 4) is 5.75 Å². The first-order valence-electron chi connectivity index (χ1n) is 9.30. The minimum absolute atomic E-state index is 0.0647. The van der Waals surface area contributed by atoms with Gasteiger partial charge in [-0.25, -0.2) is 4.98 Å². The molecule has 0 aliphatic carbocycles. The number of hydrogen-bond acceptors (Lipinski definition) is 7. The summed E-state index contributed by atoms with van der Waals surface area (Å²) < 4.78 is 18.1. The fraction of sp³-hybridized carbons (Fsp3) is 0.238. The number of hydrogen-bond donors (Lipinski definition) is 3. The van der Waals surface area contributed by atoms with Crippen LogP contribution >= 0.6 is 18.7 Å². The van der Waals surface area contributed by atoms with E-state index in [-0.39, 0.29) is 6.61 Å². The van der Waals surface area contributed by atoms with Crippen LogP contribution in [0.3, 0.4) is 0 Å². The second kappa shape index (κ2) is 9.47. The molecule has 30 heavy (non-hydrogen) atoms. The van der Waals surface area contributed by atoms with E-state index in [9.17, 15) is 4.57 Å². The van der Waals surface area contributed by atoms with Crippen LogP contribution in [0.5, 0.6) is 5.75 Å². The number of methoxy groups -OCH3 is 1. The van der Waals surface area contributed by atoms with Gasteiger partial charge in [0.25, 0.3) is 0 Å². The molecular weight excluding hydrogens is 423 g/mol. The van der Waals surface area contributed by atoms with E-state index < -0.39 is 7.14 Å². The van der Waals surface area contributed by atoms with E-state index in [1.807, 2.05) is 42.5 Å². The third-order valence-corrected chi connectivity index (χ3v) is 6.22. The van der Waals surface area contributed by atoms with Crippen molar-refractivity contribution < 1.29 is 14.4 Å². The fourth-order valence-corrected chi connectivity index (χ4v) is 4.23. The Bertz CT molecular complexity index is 1090. The summed E-state index contributed by atoms with van der Waals surface area (Å²) in [6.45, 7) is 3.50. The predicted molar refractivity (Wildman–Crippen MR) is 123 cm³/mol. The molecule has 0 fully saturated rings. The Labute approximate surface area is 180 Å². The Hall–Kier alpha value is -2.60. The van der Waals surface area contributed by atoms with Crippen LogP contribution in [0.15, 0.2) is 48.7 Å². The van der Waals surface area contributed by atoms with Gasteiger partial charge in [-0.15, -0.1) is 0 Å². The molecule has 2 aromatic carbocycles. The summed E-state index contributed by atoms with van der Waals surface area (Å²) in [6.07, 6.45) is 2.03. The van der Waals surface area contributed by atoms with Crippen LogP contribution in [0.2, 0.25) is 5.02 Å². The lowest BCUT2D eigenvalue weighted by Crippen LogP contribution is -2.11. The molecule has 9 heteroatoms. The van der Waals surface area contributed by atoms with Gasteiger partial charge < -0.3 is 25.0 Å². The van der Waals surface area contributed by atoms with Crippen molar-refractivity contribution in [2.24, 2.45) is 0 Å². The van der Waals surface area contributed by atoms with E-state index >= 15 is 0 Å². The summed E-state index contributed by atoms with van der Waals surface area (Å²) >= 11 is 6.30. The zero-order valence-electron chi connectivity index (χ0n) is 17.0. The maximum atomic E-state index is 12.6. The van der Waals surface area contributed by atoms with Crippen molar-refractivity contribution in [1.82, 2.24) is 9.97 Å². The van der Waals surface area contributed by atoms with Gasteiger partial charge in [0.05, 0.1) is 24.7 Å². The summed E-state index contributed by atoms with van der Waals surface area (Å²) in [7, 11) is -0.922. The van der Waals surface area contributed by atoms with Gasteiger partial charge in [0.15, 0.2) is 5.82 Å². The number of nitrogens with zero attached hydrogens (tertiary/aromatic N) is 2. The number of aromatic nitrogens is 2. The van der Waals surface area contributed by atoms with Crippen LogP contribution in [0, 0.1) is 0 Å². The van der Waals surface area contributed by atoms with E-state index in [2.05, 4.69) is 20.6 Å². The van der Waals surface area contributed by atoms with Crippen LogP contribution in [0.4, 0.5) is 23.1 Å². The molecule has 7 nitrogen and oxygen atoms in total. The number of anilines is 4. The lowest BCUT2D eigenvalue weighted by molar-refractivity contribution is 0.299. The number of nitrogens with one attached hydrogen (secondary N) is 2. The van der Waals surface area contributed by atoms with Gasteiger partial charge in [0.2, 0.25) is 5.95 Å². The maximum absolute atomic E-state index is 12.6. The monoisotopic (exact) mass is 446 g/mol. The summed E-state index contributed by atoms with van der Waals surface area (Å²) in [6, 6.07) is 13.0. The SMILES string of the molecule is COc1cc(CCO)ccc1Nc1ncc(Cl)c(Nc2ccccc2P(C)(C)=O)n1. The average molecular weight is 447 g/mol. The average Bonchev–Trinajstić information content (AvgIpc) is 2.71. The summed E-state index contributed by atoms with van der Waals surface area (Å²) in [5.74, 6) is 1.33. The molecular formula is C21H24ClN4O3P. The highest BCUT2D eigenvalue weighted by Gasteiger charge is 2.17. The first-order chi connectivity index (χ1) is 14.3. The van der Waals surface area contributed by atoms with Crippen LogP contribution in [-0.4, -0.2) is 42.1 Å². The molecule has 158 valence electrons. The van der Waals surface area contributed by atoms with Gasteiger partial charge in [-0.3, -0.25) is 0 Å². The highest BCUT2D eigenvalue weighted by Crippen LogP contribution is 2.38. The fourth-order valence-electron chi connectivity index (χ4n) is 2.94. The lowest BCUT2D eigenvalue weighted by Gasteiger charge is -2.16. The Kier molecular flexibility index (Phi) is 6.98. The minimum Gasteiger partial charge on any atom is -0.495 e. The van der Waals surface area contributed by atoms with Gasteiger partial charge in [-0.1, -0.05) is 29.8 Å². The van der Waals surface area contributed by atoms with Crippen molar-refractivity contribution in [2.75, 3.05) is 37.7 Å². The zero-order valence-corrected chi connectivity index (χ0v) is 18.7. The quantitative estimate of drug-likeness (QED) is 0.441. The van der Waals surface area contributed by atoms with E-state index in [0.29, 0.717) is 40.3 Å². The summed E-state index contributed by atoms with van der Waals surface area (Å²) in [5.41, 5.74) is 2.32. The van der Waals surface area contributed by atoms with Crippen molar-refractivity contribution in [1.29, 1.82) is 0 Å². The predicted octanol–water partition coefficient (Wildman–Crippen LogP) is 4.41. The lowest BCUT2D eigenvalue weighted by atomic mass is 10.1. The van der Waals surface area contributed by atoms with E-state index in [4.69, 9.17) is 21.4 Å². The number of benzene rings is 2. The maximum Gasteiger partial charge on any atom is 0.229 e. The molecule has 1 heterocycles. The van der Waals surface area contributed by atoms with Crippen molar-refractivity contribution in [3.63, 3.8) is 0 Å². The van der Waals surface area contributed by atoms with Gasteiger partial charge in [-0.2, -0.15) is 4.98 Å². The summed E-state index contributed by atoms with van der Waals surface area (Å²) in [5, 5.41) is 16.5. The molecule has 3 aromatic rings. The molecule has 0 radical (unpaired) electrons. The first kappa shape index (κ1) is 22.1. The van der Waals surface area contributed by atoms with Gasteiger partial charge in [-0.05, 0) is 49.6 Å². The number of ether oxygens (including phenoxy) is 1. The minimum atomic E-state index is -2.49. The topological polar surface area (TPSA) is 96.4 Å². The molecule has 0 aliphatic rings. The number of aliphatic hydroxyl groups is 1. The van der Waals surface area contributed by atoms with Crippen LogP contribution < -0.4 is 20.7 Å². The second-order valence-corrected chi connectivity index (χ2v) is 10.6. The van der Waals surface area contributed by atoms with Gasteiger partial charge in [0, 0.05) is 11.9 Å². The van der Waals surface area contributed by atoms with Crippen molar-refractivity contribution in [2.45, 2.75) is 6.42 Å². The molecule has 3 rings (SSSR count). The van der Waals surface area contributed by atoms with E-state index in [0.717, 1.165) is 10.9 Å². The molecule has 0 spiro atoms. The van der Waals surface area contributed by atoms with Gasteiger partial charge >= 0.3 is 0 Å². The molecule has 3 N–H and O–H groups in total. The first-order valence-corrected chi connectivity index (χ1v) is 12.3. The molecule has 0 saturated heterocycles. The van der Waals surface area contributed by atoms with Crippen molar-refractivity contribution >= 4 is 47.2 Å². The van der Waals surface area contributed by atoms with Crippen LogP contribution in [-0.2, 0) is 11.0 Å². The summed E-state index contributed by atoms with van der Waals surface area (Å²) in [4.78, 5) is 8.71. The van der Waals surface area contributed by atoms with E-state index in [1.165, 1.54) is 6.20 Å². The standard InChI is InChI=1S/C21H24ClN4O3P/c1-29-18-12-14(10-11-27)8-9-16(18)25-21-23-13-15(22)20(26-21)24-17-6-4-5-7-19(17)30(2,3)28/h4-9,12-13,27H,10-11H2,1-3H3,(H2,23,24,25,26). The Balaban J connectivity index is 1.89. The number of aliphatic hydroxyl groups excluding tert-OH is 1. The van der Waals surface area contributed by atoms with Crippen molar-refractivity contribution in [3.05, 3.63) is 59.2 Å². The number of halogens is 1. The Morgan fingerprint density at radius 2 is 1.90 bits per heavy atom. The third-order valence-electron chi connectivity index (χ3n) is 4.39. The second-order valence-electron chi connectivity index (χ2n) is 7.02.